The zero-order valence-corrected chi connectivity index (χ0v) is 23.7. The van der Waals surface area contributed by atoms with Gasteiger partial charge in [-0.15, -0.1) is 0 Å². The topological polar surface area (TPSA) is 198 Å². The second kappa shape index (κ2) is 13.8. The highest BCUT2D eigenvalue weighted by Gasteiger charge is 2.32. The lowest BCUT2D eigenvalue weighted by atomic mass is 10.0. The first kappa shape index (κ1) is 30.1. The molecule has 5 aromatic rings. The van der Waals surface area contributed by atoms with Crippen LogP contribution >= 0.6 is 0 Å². The Bertz CT molecular complexity index is 1870. The van der Waals surface area contributed by atoms with E-state index in [4.69, 9.17) is 0 Å². The van der Waals surface area contributed by atoms with Crippen molar-refractivity contribution in [2.24, 2.45) is 0 Å². The van der Waals surface area contributed by atoms with E-state index in [0.717, 1.165) is 12.1 Å². The number of anilines is 4. The normalized spacial score (nSPS) is 10.0. The van der Waals surface area contributed by atoms with E-state index < -0.39 is 11.8 Å². The fourth-order valence-electron chi connectivity index (χ4n) is 4.19. The fourth-order valence-corrected chi connectivity index (χ4v) is 4.19. The molecule has 3 aromatic carbocycles. The Morgan fingerprint density at radius 2 is 0.870 bits per heavy atom. The van der Waals surface area contributed by atoms with Crippen LogP contribution < -0.4 is 21.3 Å². The molecule has 0 unspecified atom stereocenters. The maximum absolute atomic E-state index is 13.1. The summed E-state index contributed by atoms with van der Waals surface area (Å²) in [6.45, 7) is 0. The number of nitrogens with zero attached hydrogens (tertiary/aromatic N) is 6. The Kier molecular flexibility index (Phi) is 9.02. The number of pyridine rings is 2. The van der Waals surface area contributed by atoms with E-state index in [0.29, 0.717) is 33.9 Å². The number of hydrogen-bond acceptors (Lipinski definition) is 8. The summed E-state index contributed by atoms with van der Waals surface area (Å²) in [5.41, 5.74) is 1.37. The summed E-state index contributed by atoms with van der Waals surface area (Å²) >= 11 is 0. The average molecular weight is 611 g/mol. The molecule has 5 rings (SSSR count). The summed E-state index contributed by atoms with van der Waals surface area (Å²) in [7, 11) is 0. The van der Waals surface area contributed by atoms with Crippen LogP contribution in [0.25, 0.3) is 9.95 Å². The number of diazo groups is 2. The third kappa shape index (κ3) is 7.17. The number of carbonyl (C=O) groups excluding carboxylic acids is 4. The molecule has 4 amide bonds. The maximum atomic E-state index is 13.1. The van der Waals surface area contributed by atoms with Crippen LogP contribution in [0.2, 0.25) is 0 Å². The molecule has 2 aromatic heterocycles. The third-order valence-corrected chi connectivity index (χ3v) is 6.47. The van der Waals surface area contributed by atoms with E-state index in [1.807, 2.05) is 0 Å². The van der Waals surface area contributed by atoms with Gasteiger partial charge in [0.25, 0.3) is 23.6 Å². The van der Waals surface area contributed by atoms with Crippen LogP contribution in [0.15, 0.2) is 110 Å². The van der Waals surface area contributed by atoms with Crippen LogP contribution in [0.3, 0.4) is 0 Å². The molecule has 0 bridgehead atoms. The van der Waals surface area contributed by atoms with Gasteiger partial charge >= 0.3 is 11.4 Å². The number of benzene rings is 3. The molecule has 222 valence electrons. The Hall–Kier alpha value is -7.32. The lowest BCUT2D eigenvalue weighted by Crippen LogP contribution is -2.16. The third-order valence-electron chi connectivity index (χ3n) is 6.47. The first-order chi connectivity index (χ1) is 22.3. The highest BCUT2D eigenvalue weighted by atomic mass is 16.2. The van der Waals surface area contributed by atoms with Crippen molar-refractivity contribution in [2.75, 3.05) is 21.3 Å². The first-order valence-electron chi connectivity index (χ1n) is 13.5. The van der Waals surface area contributed by atoms with Gasteiger partial charge in [0.05, 0.1) is 35.9 Å². The molecule has 0 radical (unpaired) electrons. The van der Waals surface area contributed by atoms with E-state index in [1.165, 1.54) is 60.9 Å². The van der Waals surface area contributed by atoms with Crippen LogP contribution in [0.5, 0.6) is 0 Å². The second-order valence-corrected chi connectivity index (χ2v) is 9.54. The predicted molar refractivity (Wildman–Crippen MR) is 169 cm³/mol. The maximum Gasteiger partial charge on any atom is 0.399 e. The van der Waals surface area contributed by atoms with E-state index in [2.05, 4.69) is 41.2 Å². The van der Waals surface area contributed by atoms with Gasteiger partial charge in [-0.2, -0.15) is 0 Å². The molecule has 0 saturated carbocycles. The van der Waals surface area contributed by atoms with Gasteiger partial charge in [0.15, 0.2) is 9.95 Å². The molecule has 0 fully saturated rings. The van der Waals surface area contributed by atoms with Crippen molar-refractivity contribution < 1.29 is 19.2 Å². The van der Waals surface area contributed by atoms with E-state index >= 15 is 0 Å². The number of aromatic nitrogens is 2. The molecule has 14 heteroatoms. The van der Waals surface area contributed by atoms with Crippen molar-refractivity contribution in [1.29, 1.82) is 10.8 Å². The van der Waals surface area contributed by atoms with Gasteiger partial charge in [0.1, 0.15) is 11.1 Å². The molecule has 0 spiro atoms. The van der Waals surface area contributed by atoms with Gasteiger partial charge in [0, 0.05) is 34.9 Å². The number of nitrogens with one attached hydrogen (secondary N) is 4. The molecule has 14 nitrogen and oxygen atoms in total. The zero-order valence-electron chi connectivity index (χ0n) is 23.7. The molecule has 0 aliphatic heterocycles. The summed E-state index contributed by atoms with van der Waals surface area (Å²) in [6, 6.07) is 20.9. The minimum atomic E-state index is -0.739. The minimum absolute atomic E-state index is 0.200. The predicted octanol–water partition coefficient (Wildman–Crippen LogP) is 6.45. The van der Waals surface area contributed by atoms with Crippen molar-refractivity contribution in [2.45, 2.75) is 0 Å². The fraction of sp³-hybridized carbons (Fsp3) is 0. The second-order valence-electron chi connectivity index (χ2n) is 9.54. The summed E-state index contributed by atoms with van der Waals surface area (Å²) in [4.78, 5) is 65.2. The number of amides is 4. The van der Waals surface area contributed by atoms with Crippen molar-refractivity contribution in [3.8, 4) is 0 Å². The summed E-state index contributed by atoms with van der Waals surface area (Å²) < 4.78 is 0. The lowest BCUT2D eigenvalue weighted by molar-refractivity contribution is 0.101. The molecule has 2 heterocycles. The SMILES string of the molecule is N#[N+]c1cc(C(=O)Nc2ccc(C(=O)Nc3cccnc3)cc2)c([N+]#N)cc1C(=O)Nc1ccc(C(=O)Nc2cccnc2)cc1. The van der Waals surface area contributed by atoms with Gasteiger partial charge in [-0.1, -0.05) is 0 Å². The van der Waals surface area contributed by atoms with Crippen LogP contribution in [-0.4, -0.2) is 33.6 Å². The Morgan fingerprint density at radius 1 is 0.500 bits per heavy atom. The van der Waals surface area contributed by atoms with Gasteiger partial charge < -0.3 is 21.3 Å². The van der Waals surface area contributed by atoms with Gasteiger partial charge in [0.2, 0.25) is 10.8 Å². The standard InChI is InChI=1S/C32H20N10O4/c33-41-27-16-26(32(46)38-22-11-7-20(8-12-22)30(44)40-24-4-2-14-36-18-24)28(42-34)15-25(27)31(45)37-21-9-5-19(6-10-21)29(43)39-23-3-1-13-35-17-23/h1-18H,(H2-2,37,38,39,40,43,44,45,46)/p+2. The van der Waals surface area contributed by atoms with Crippen LogP contribution in [0.4, 0.5) is 34.1 Å². The lowest BCUT2D eigenvalue weighted by Gasteiger charge is -2.08. The molecule has 0 saturated heterocycles. The quantitative estimate of drug-likeness (QED) is 0.144. The molecule has 0 atom stereocenters. The molecule has 4 N–H and O–H groups in total. The van der Waals surface area contributed by atoms with E-state index in [-0.39, 0.29) is 34.3 Å². The average Bonchev–Trinajstić information content (AvgIpc) is 3.09. The monoisotopic (exact) mass is 610 g/mol. The number of hydrogen-bond donors (Lipinski definition) is 4. The molecule has 46 heavy (non-hydrogen) atoms. The largest absolute Gasteiger partial charge is 0.399 e. The summed E-state index contributed by atoms with van der Waals surface area (Å²) in [5, 5.41) is 29.9. The zero-order chi connectivity index (χ0) is 32.5. The molecule has 0 aliphatic rings. The Morgan fingerprint density at radius 3 is 1.20 bits per heavy atom. The Balaban J connectivity index is 1.26. The molecular weight excluding hydrogens is 588 g/mol. The molecular formula is C32H22N10O4+2. The van der Waals surface area contributed by atoms with Crippen LogP contribution in [0, 0.1) is 10.8 Å². The highest BCUT2D eigenvalue weighted by Crippen LogP contribution is 2.31. The first-order valence-corrected chi connectivity index (χ1v) is 13.5. The number of carbonyl (C=O) groups is 4. The van der Waals surface area contributed by atoms with E-state index in [1.54, 1.807) is 36.7 Å². The Labute approximate surface area is 260 Å². The van der Waals surface area contributed by atoms with Crippen molar-refractivity contribution in [3.05, 3.63) is 142 Å². The highest BCUT2D eigenvalue weighted by molar-refractivity contribution is 6.14. The smallest absolute Gasteiger partial charge is 0.322 e. The summed E-state index contributed by atoms with van der Waals surface area (Å²) in [5.74, 6) is -2.23. The van der Waals surface area contributed by atoms with Gasteiger partial charge in [-0.3, -0.25) is 29.1 Å². The van der Waals surface area contributed by atoms with Gasteiger partial charge in [-0.05, 0) is 72.8 Å². The van der Waals surface area contributed by atoms with Crippen molar-refractivity contribution in [3.63, 3.8) is 0 Å². The van der Waals surface area contributed by atoms with Crippen LogP contribution in [-0.2, 0) is 0 Å². The summed E-state index contributed by atoms with van der Waals surface area (Å²) in [6.07, 6.45) is 6.17. The van der Waals surface area contributed by atoms with Crippen molar-refractivity contribution in [1.82, 2.24) is 9.97 Å². The van der Waals surface area contributed by atoms with E-state index in [9.17, 15) is 30.0 Å². The van der Waals surface area contributed by atoms with Gasteiger partial charge in [-0.25, -0.2) is 0 Å². The molecule has 0 aliphatic carbocycles. The van der Waals surface area contributed by atoms with Crippen LogP contribution in [0.1, 0.15) is 41.4 Å². The van der Waals surface area contributed by atoms with Crippen molar-refractivity contribution >= 4 is 57.8 Å². The minimum Gasteiger partial charge on any atom is -0.322 e. The number of rotatable bonds is 8.